The van der Waals surface area contributed by atoms with E-state index in [1.807, 2.05) is 24.3 Å². The Morgan fingerprint density at radius 2 is 1.82 bits per heavy atom. The Hall–Kier alpha value is -3.02. The minimum atomic E-state index is -0.377. The number of H-pyrrole nitrogens is 1. The zero-order valence-corrected chi connectivity index (χ0v) is 23.8. The minimum absolute atomic E-state index is 0. The number of nitrogens with one attached hydrogen (secondary N) is 2. The van der Waals surface area contributed by atoms with Gasteiger partial charge in [0.25, 0.3) is 17.4 Å². The number of aromatic nitrogens is 6. The molecule has 0 bridgehead atoms. The number of anilines is 1. The van der Waals surface area contributed by atoms with Gasteiger partial charge in [-0.15, -0.1) is 42.3 Å². The lowest BCUT2D eigenvalue weighted by atomic mass is 9.68. The number of hydrogen-bond donors (Lipinski definition) is 3. The van der Waals surface area contributed by atoms with Gasteiger partial charge in [-0.1, -0.05) is 41.0 Å². The average molecular weight is 614 g/mol. The second kappa shape index (κ2) is 13.9. The summed E-state index contributed by atoms with van der Waals surface area (Å²) in [5.41, 5.74) is 8.79. The topological polar surface area (TPSA) is 144 Å². The summed E-state index contributed by atoms with van der Waals surface area (Å²) in [6.45, 7) is 0.515. The molecule has 2 aromatic heterocycles. The van der Waals surface area contributed by atoms with Gasteiger partial charge in [-0.25, -0.2) is 4.68 Å². The van der Waals surface area contributed by atoms with Crippen LogP contribution < -0.4 is 16.6 Å². The summed E-state index contributed by atoms with van der Waals surface area (Å²) in [6, 6.07) is 18.0. The zero-order valence-electron chi connectivity index (χ0n) is 20.6. The molecular formula is C25H28Cl4N8O2. The molecule has 0 radical (unpaired) electrons. The molecular weight excluding hydrogens is 586 g/mol. The van der Waals surface area contributed by atoms with E-state index in [0.717, 1.165) is 36.8 Å². The summed E-state index contributed by atoms with van der Waals surface area (Å²) in [4.78, 5) is 25.3. The van der Waals surface area contributed by atoms with Crippen LogP contribution >= 0.6 is 48.8 Å². The van der Waals surface area contributed by atoms with Crippen molar-refractivity contribution in [1.29, 1.82) is 0 Å². The Labute approximate surface area is 248 Å². The monoisotopic (exact) mass is 612 g/mol. The fourth-order valence-electron chi connectivity index (χ4n) is 4.88. The van der Waals surface area contributed by atoms with Crippen LogP contribution in [0.15, 0.2) is 65.5 Å². The van der Waals surface area contributed by atoms with E-state index >= 15 is 0 Å². The number of carbonyl (C=O) groups is 1. The molecule has 1 fully saturated rings. The van der Waals surface area contributed by atoms with Crippen molar-refractivity contribution in [2.45, 2.75) is 37.1 Å². The highest BCUT2D eigenvalue weighted by molar-refractivity contribution is 6.30. The SMILES string of the molecule is Cl.Cl.Cl.NC[C@]1(c2cccc(Cl)c2)CC[C@H](n2nc(-c3cccc(C(=O)Nc4nn[nH]n4)c3)ccc2=O)CC1. The van der Waals surface area contributed by atoms with Gasteiger partial charge in [0.05, 0.1) is 11.7 Å². The van der Waals surface area contributed by atoms with Crippen molar-refractivity contribution in [3.05, 3.63) is 87.2 Å². The maximum Gasteiger partial charge on any atom is 0.270 e. The molecule has 1 aliphatic rings. The number of tetrazole rings is 1. The first kappa shape index (κ1) is 32.2. The first-order valence-corrected chi connectivity index (χ1v) is 12.1. The molecule has 10 nitrogen and oxygen atoms in total. The number of carbonyl (C=O) groups excluding carboxylic acids is 1. The van der Waals surface area contributed by atoms with E-state index in [-0.39, 0.29) is 66.1 Å². The number of aromatic amines is 1. The number of hydrogen-bond acceptors (Lipinski definition) is 7. The number of rotatable bonds is 6. The molecule has 2 aromatic carbocycles. The Bertz CT molecular complexity index is 1440. The fraction of sp³-hybridized carbons (Fsp3) is 0.280. The fourth-order valence-corrected chi connectivity index (χ4v) is 5.07. The van der Waals surface area contributed by atoms with E-state index in [1.165, 1.54) is 6.07 Å². The maximum atomic E-state index is 12.8. The lowest BCUT2D eigenvalue weighted by Crippen LogP contribution is -2.41. The third-order valence-corrected chi connectivity index (χ3v) is 7.14. The lowest BCUT2D eigenvalue weighted by molar-refractivity contribution is 0.102. The normalized spacial score (nSPS) is 18.2. The standard InChI is InChI=1S/C25H25ClN8O2.3ClH/c26-19-6-2-5-18(14-19)25(15-27)11-9-20(10-12-25)34-22(35)8-7-21(31-34)16-3-1-4-17(13-16)23(36)28-24-29-32-33-30-24;;;/h1-8,13-14,20H,9-12,15,27H2,(H2,28,29,30,32,33,36);3*1H/t20-,25-;;;. The molecule has 1 aliphatic carbocycles. The van der Waals surface area contributed by atoms with Crippen molar-refractivity contribution in [2.75, 3.05) is 11.9 Å². The summed E-state index contributed by atoms with van der Waals surface area (Å²) in [5.74, 6) is -0.293. The Morgan fingerprint density at radius 1 is 1.08 bits per heavy atom. The van der Waals surface area contributed by atoms with E-state index in [9.17, 15) is 9.59 Å². The summed E-state index contributed by atoms with van der Waals surface area (Å²) in [6.07, 6.45) is 3.21. The molecule has 0 aliphatic heterocycles. The van der Waals surface area contributed by atoms with Crippen LogP contribution in [0.4, 0.5) is 5.95 Å². The molecule has 14 heteroatoms. The van der Waals surface area contributed by atoms with Gasteiger partial charge in [0.1, 0.15) is 0 Å². The molecule has 4 aromatic rings. The Balaban J connectivity index is 0.00000178. The maximum absolute atomic E-state index is 12.8. The van der Waals surface area contributed by atoms with Gasteiger partial charge in [0, 0.05) is 34.2 Å². The predicted molar refractivity (Wildman–Crippen MR) is 157 cm³/mol. The van der Waals surface area contributed by atoms with Crippen LogP contribution in [0, 0.1) is 0 Å². The molecule has 2 heterocycles. The van der Waals surface area contributed by atoms with Gasteiger partial charge in [-0.3, -0.25) is 14.9 Å². The van der Waals surface area contributed by atoms with Gasteiger partial charge in [0.15, 0.2) is 0 Å². The van der Waals surface area contributed by atoms with Gasteiger partial charge in [0.2, 0.25) is 0 Å². The van der Waals surface area contributed by atoms with E-state index in [4.69, 9.17) is 17.3 Å². The molecule has 1 amide bonds. The van der Waals surface area contributed by atoms with Crippen molar-refractivity contribution in [2.24, 2.45) is 5.73 Å². The quantitative estimate of drug-likeness (QED) is 0.288. The van der Waals surface area contributed by atoms with E-state index in [1.54, 1.807) is 28.9 Å². The average Bonchev–Trinajstić information content (AvgIpc) is 3.42. The molecule has 39 heavy (non-hydrogen) atoms. The predicted octanol–water partition coefficient (Wildman–Crippen LogP) is 4.61. The second-order valence-electron chi connectivity index (χ2n) is 9.00. The van der Waals surface area contributed by atoms with Crippen molar-refractivity contribution in [3.8, 4) is 11.3 Å². The zero-order chi connectivity index (χ0) is 25.1. The second-order valence-corrected chi connectivity index (χ2v) is 9.43. The number of benzene rings is 2. The van der Waals surface area contributed by atoms with Crippen LogP contribution in [0.2, 0.25) is 5.02 Å². The van der Waals surface area contributed by atoms with Crippen molar-refractivity contribution in [3.63, 3.8) is 0 Å². The number of nitrogens with zero attached hydrogens (tertiary/aromatic N) is 5. The summed E-state index contributed by atoms with van der Waals surface area (Å²) in [7, 11) is 0. The van der Waals surface area contributed by atoms with Crippen molar-refractivity contribution >= 4 is 60.7 Å². The molecule has 0 spiro atoms. The van der Waals surface area contributed by atoms with Gasteiger partial charge >= 0.3 is 0 Å². The molecule has 0 unspecified atom stereocenters. The third-order valence-electron chi connectivity index (χ3n) is 6.90. The van der Waals surface area contributed by atoms with Crippen molar-refractivity contribution in [1.82, 2.24) is 30.4 Å². The third kappa shape index (κ3) is 6.95. The summed E-state index contributed by atoms with van der Waals surface area (Å²) in [5, 5.41) is 21.1. The van der Waals surface area contributed by atoms with E-state index in [2.05, 4.69) is 37.1 Å². The number of amides is 1. The molecule has 0 atom stereocenters. The van der Waals surface area contributed by atoms with Gasteiger partial charge in [-0.2, -0.15) is 10.3 Å². The molecule has 4 N–H and O–H groups in total. The van der Waals surface area contributed by atoms with Crippen LogP contribution in [0.1, 0.15) is 47.6 Å². The number of nitrogens with two attached hydrogens (primary N) is 1. The van der Waals surface area contributed by atoms with Crippen LogP contribution in [-0.2, 0) is 5.41 Å². The minimum Gasteiger partial charge on any atom is -0.330 e. The Morgan fingerprint density at radius 3 is 2.49 bits per heavy atom. The first-order valence-electron chi connectivity index (χ1n) is 11.7. The molecule has 5 rings (SSSR count). The highest BCUT2D eigenvalue weighted by atomic mass is 35.5. The largest absolute Gasteiger partial charge is 0.330 e. The molecule has 1 saturated carbocycles. The summed E-state index contributed by atoms with van der Waals surface area (Å²) >= 11 is 6.24. The molecule has 0 saturated heterocycles. The van der Waals surface area contributed by atoms with E-state index in [0.29, 0.717) is 22.8 Å². The van der Waals surface area contributed by atoms with E-state index < -0.39 is 0 Å². The smallest absolute Gasteiger partial charge is 0.270 e. The van der Waals surface area contributed by atoms with Crippen LogP contribution in [-0.4, -0.2) is 42.9 Å². The van der Waals surface area contributed by atoms with Gasteiger partial charge in [-0.05, 0) is 66.8 Å². The van der Waals surface area contributed by atoms with Gasteiger partial charge < -0.3 is 5.73 Å². The highest BCUT2D eigenvalue weighted by Gasteiger charge is 2.37. The Kier molecular flexibility index (Phi) is 11.4. The first-order chi connectivity index (χ1) is 17.5. The lowest BCUT2D eigenvalue weighted by Gasteiger charge is -2.40. The highest BCUT2D eigenvalue weighted by Crippen LogP contribution is 2.42. The van der Waals surface area contributed by atoms with Crippen molar-refractivity contribution < 1.29 is 4.79 Å². The summed E-state index contributed by atoms with van der Waals surface area (Å²) < 4.78 is 1.57. The van der Waals surface area contributed by atoms with Crippen LogP contribution in [0.3, 0.4) is 0 Å². The molecule has 208 valence electrons. The number of halogens is 4. The van der Waals surface area contributed by atoms with Crippen LogP contribution in [0.25, 0.3) is 11.3 Å². The van der Waals surface area contributed by atoms with Crippen LogP contribution in [0.5, 0.6) is 0 Å².